The number of hydrogen-bond donors (Lipinski definition) is 1. The summed E-state index contributed by atoms with van der Waals surface area (Å²) in [7, 11) is 0. The second-order valence-electron chi connectivity index (χ2n) is 7.83. The first-order chi connectivity index (χ1) is 15.5. The molecule has 0 unspecified atom stereocenters. The van der Waals surface area contributed by atoms with Crippen LogP contribution in [0.2, 0.25) is 0 Å². The Morgan fingerprint density at radius 2 is 1.62 bits per heavy atom. The zero-order valence-corrected chi connectivity index (χ0v) is 18.4. The molecule has 0 heterocycles. The number of nitro benzene ring substituents is 1. The van der Waals surface area contributed by atoms with Gasteiger partial charge in [0.25, 0.3) is 11.6 Å². The van der Waals surface area contributed by atoms with Gasteiger partial charge in [-0.25, -0.2) is 0 Å². The van der Waals surface area contributed by atoms with E-state index < -0.39 is 0 Å². The van der Waals surface area contributed by atoms with E-state index in [0.29, 0.717) is 37.2 Å². The first-order valence-corrected chi connectivity index (χ1v) is 10.8. The quantitative estimate of drug-likeness (QED) is 0.373. The molecular weight excluding hydrogens is 402 g/mol. The first kappa shape index (κ1) is 23.2. The van der Waals surface area contributed by atoms with E-state index in [1.807, 2.05) is 48.5 Å². The van der Waals surface area contributed by atoms with E-state index in [-0.39, 0.29) is 16.5 Å². The van der Waals surface area contributed by atoms with Crippen LogP contribution in [0.5, 0.6) is 0 Å². The van der Waals surface area contributed by atoms with Gasteiger partial charge in [-0.15, -0.1) is 0 Å². The van der Waals surface area contributed by atoms with Gasteiger partial charge >= 0.3 is 0 Å². The third-order valence-corrected chi connectivity index (χ3v) is 5.67. The Kier molecular flexibility index (Phi) is 8.11. The number of carbonyl (C=O) groups is 1. The Labute approximate surface area is 188 Å². The maximum Gasteiger partial charge on any atom is 0.272 e. The Hall–Kier alpha value is -3.51. The minimum Gasteiger partial charge on any atom is -0.334 e. The van der Waals surface area contributed by atoms with E-state index in [4.69, 9.17) is 5.73 Å². The van der Waals surface area contributed by atoms with Gasteiger partial charge in [0.05, 0.1) is 4.92 Å². The largest absolute Gasteiger partial charge is 0.334 e. The molecule has 6 heteroatoms. The molecule has 0 spiro atoms. The predicted molar refractivity (Wildman–Crippen MR) is 127 cm³/mol. The number of nitrogens with zero attached hydrogens (tertiary/aromatic N) is 2. The molecule has 3 aromatic rings. The molecule has 32 heavy (non-hydrogen) atoms. The van der Waals surface area contributed by atoms with E-state index in [1.54, 1.807) is 17.9 Å². The van der Waals surface area contributed by atoms with Gasteiger partial charge in [0.15, 0.2) is 0 Å². The van der Waals surface area contributed by atoms with Crippen LogP contribution in [0.3, 0.4) is 0 Å². The third-order valence-electron chi connectivity index (χ3n) is 5.67. The van der Waals surface area contributed by atoms with Crippen molar-refractivity contribution in [3.8, 4) is 0 Å². The van der Waals surface area contributed by atoms with Crippen LogP contribution in [0, 0.1) is 17.0 Å². The summed E-state index contributed by atoms with van der Waals surface area (Å²) in [6.07, 6.45) is 2.26. The number of nitro groups is 1. The summed E-state index contributed by atoms with van der Waals surface area (Å²) >= 11 is 0. The van der Waals surface area contributed by atoms with Crippen molar-refractivity contribution in [1.82, 2.24) is 4.90 Å². The second-order valence-corrected chi connectivity index (χ2v) is 7.83. The molecule has 6 nitrogen and oxygen atoms in total. The molecule has 0 saturated carbocycles. The van der Waals surface area contributed by atoms with Crippen LogP contribution in [-0.4, -0.2) is 28.8 Å². The van der Waals surface area contributed by atoms with Crippen LogP contribution in [0.1, 0.15) is 39.0 Å². The fraction of sp³-hybridized carbons (Fsp3) is 0.269. The lowest BCUT2D eigenvalue weighted by molar-refractivity contribution is -0.385. The number of amides is 1. The minimum absolute atomic E-state index is 0.0667. The molecule has 0 aliphatic carbocycles. The Bertz CT molecular complexity index is 1070. The zero-order chi connectivity index (χ0) is 22.9. The molecule has 1 amide bonds. The van der Waals surface area contributed by atoms with Crippen molar-refractivity contribution in [1.29, 1.82) is 0 Å². The first-order valence-electron chi connectivity index (χ1n) is 10.8. The van der Waals surface area contributed by atoms with Crippen molar-refractivity contribution in [3.63, 3.8) is 0 Å². The molecule has 0 aliphatic rings. The summed E-state index contributed by atoms with van der Waals surface area (Å²) in [6.45, 7) is 2.99. The summed E-state index contributed by atoms with van der Waals surface area (Å²) in [6, 6.07) is 22.9. The van der Waals surface area contributed by atoms with Crippen LogP contribution in [-0.2, 0) is 19.4 Å². The lowest BCUT2D eigenvalue weighted by Gasteiger charge is -2.25. The van der Waals surface area contributed by atoms with Gasteiger partial charge in [-0.1, -0.05) is 60.7 Å². The molecule has 0 saturated heterocycles. The van der Waals surface area contributed by atoms with Gasteiger partial charge < -0.3 is 10.6 Å². The molecule has 0 atom stereocenters. The van der Waals surface area contributed by atoms with E-state index in [9.17, 15) is 14.9 Å². The Balaban J connectivity index is 1.85. The minimum atomic E-state index is -0.385. The van der Waals surface area contributed by atoms with Gasteiger partial charge in [0, 0.05) is 30.3 Å². The monoisotopic (exact) mass is 431 g/mol. The fourth-order valence-electron chi connectivity index (χ4n) is 3.82. The summed E-state index contributed by atoms with van der Waals surface area (Å²) in [5, 5.41) is 11.3. The van der Waals surface area contributed by atoms with E-state index in [0.717, 1.165) is 24.0 Å². The molecule has 0 bridgehead atoms. The maximum absolute atomic E-state index is 13.6. The molecule has 2 N–H and O–H groups in total. The summed E-state index contributed by atoms with van der Waals surface area (Å²) in [4.78, 5) is 26.3. The summed E-state index contributed by atoms with van der Waals surface area (Å²) in [5.41, 5.74) is 10.0. The van der Waals surface area contributed by atoms with Crippen LogP contribution in [0.25, 0.3) is 0 Å². The highest BCUT2D eigenvalue weighted by atomic mass is 16.6. The predicted octanol–water partition coefficient (Wildman–Crippen LogP) is 4.68. The van der Waals surface area contributed by atoms with E-state index >= 15 is 0 Å². The standard InChI is InChI=1S/C26H29N3O3/c1-20-23(12-7-14-25(20)29(31)32)19-28(18-8-17-27)26(30)24-13-6-5-11-22(24)16-15-21-9-3-2-4-10-21/h2-7,9-14H,8,15-19,27H2,1H3. The average Bonchev–Trinajstić information content (AvgIpc) is 2.81. The third kappa shape index (κ3) is 5.80. The number of benzene rings is 3. The zero-order valence-electron chi connectivity index (χ0n) is 18.4. The molecule has 0 fully saturated rings. The second kappa shape index (κ2) is 11.2. The van der Waals surface area contributed by atoms with Gasteiger partial charge in [-0.2, -0.15) is 0 Å². The maximum atomic E-state index is 13.6. The van der Waals surface area contributed by atoms with Crippen molar-refractivity contribution in [2.75, 3.05) is 13.1 Å². The average molecular weight is 432 g/mol. The fourth-order valence-corrected chi connectivity index (χ4v) is 3.82. The Morgan fingerprint density at radius 3 is 2.34 bits per heavy atom. The molecule has 166 valence electrons. The number of carbonyl (C=O) groups excluding carboxylic acids is 1. The number of rotatable bonds is 10. The highest BCUT2D eigenvalue weighted by molar-refractivity contribution is 5.95. The molecule has 0 aliphatic heterocycles. The van der Waals surface area contributed by atoms with Crippen molar-refractivity contribution < 1.29 is 9.72 Å². The number of hydrogen-bond acceptors (Lipinski definition) is 4. The molecule has 3 rings (SSSR count). The van der Waals surface area contributed by atoms with Gasteiger partial charge in [-0.05, 0) is 55.5 Å². The number of nitrogens with two attached hydrogens (primary N) is 1. The lowest BCUT2D eigenvalue weighted by Crippen LogP contribution is -2.33. The van der Waals surface area contributed by atoms with Gasteiger partial charge in [0.1, 0.15) is 0 Å². The smallest absolute Gasteiger partial charge is 0.272 e. The van der Waals surface area contributed by atoms with Crippen LogP contribution >= 0.6 is 0 Å². The topological polar surface area (TPSA) is 89.5 Å². The number of aryl methyl sites for hydroxylation is 2. The summed E-state index contributed by atoms with van der Waals surface area (Å²) in [5.74, 6) is -0.0759. The van der Waals surface area contributed by atoms with Gasteiger partial charge in [0.2, 0.25) is 0 Å². The molecular formula is C26H29N3O3. The van der Waals surface area contributed by atoms with E-state index in [1.165, 1.54) is 11.6 Å². The van der Waals surface area contributed by atoms with Crippen LogP contribution < -0.4 is 5.73 Å². The van der Waals surface area contributed by atoms with Crippen LogP contribution in [0.15, 0.2) is 72.8 Å². The Morgan fingerprint density at radius 1 is 0.938 bits per heavy atom. The highest BCUT2D eigenvalue weighted by Crippen LogP contribution is 2.24. The molecule has 3 aromatic carbocycles. The van der Waals surface area contributed by atoms with Crippen molar-refractivity contribution in [2.24, 2.45) is 5.73 Å². The van der Waals surface area contributed by atoms with E-state index in [2.05, 4.69) is 12.1 Å². The normalized spacial score (nSPS) is 10.7. The summed E-state index contributed by atoms with van der Waals surface area (Å²) < 4.78 is 0. The lowest BCUT2D eigenvalue weighted by atomic mass is 9.98. The van der Waals surface area contributed by atoms with Crippen molar-refractivity contribution in [3.05, 3.63) is 111 Å². The van der Waals surface area contributed by atoms with Crippen LogP contribution in [0.4, 0.5) is 5.69 Å². The van der Waals surface area contributed by atoms with Crippen molar-refractivity contribution >= 4 is 11.6 Å². The van der Waals surface area contributed by atoms with Crippen molar-refractivity contribution in [2.45, 2.75) is 32.7 Å². The highest BCUT2D eigenvalue weighted by Gasteiger charge is 2.21. The van der Waals surface area contributed by atoms with Gasteiger partial charge in [-0.3, -0.25) is 14.9 Å². The molecule has 0 radical (unpaired) electrons. The SMILES string of the molecule is Cc1c(CN(CCCN)C(=O)c2ccccc2CCc2ccccc2)cccc1[N+](=O)[O-]. The molecule has 0 aromatic heterocycles.